The Morgan fingerprint density at radius 1 is 1.36 bits per heavy atom. The Bertz CT molecular complexity index is 746. The average molecular weight is 374 g/mol. The molecule has 0 saturated heterocycles. The maximum atomic E-state index is 12.8. The van der Waals surface area contributed by atoms with Crippen molar-refractivity contribution in [3.05, 3.63) is 56.8 Å². The maximum absolute atomic E-state index is 12.8. The fourth-order valence-electron chi connectivity index (χ4n) is 2.53. The summed E-state index contributed by atoms with van der Waals surface area (Å²) in [6.45, 7) is 1.78. The Labute approximate surface area is 132 Å². The van der Waals surface area contributed by atoms with Gasteiger partial charge in [0.2, 0.25) is 0 Å². The van der Waals surface area contributed by atoms with E-state index in [9.17, 15) is 18.3 Å². The molecule has 0 aliphatic carbocycles. The van der Waals surface area contributed by atoms with Crippen LogP contribution in [0.25, 0.3) is 0 Å². The van der Waals surface area contributed by atoms with Gasteiger partial charge in [-0.05, 0) is 40.5 Å². The summed E-state index contributed by atoms with van der Waals surface area (Å²) in [5.74, 6) is 0.0210. The molecular weight excluding hydrogens is 363 g/mol. The van der Waals surface area contributed by atoms with Gasteiger partial charge in [-0.1, -0.05) is 12.1 Å². The molecule has 2 heterocycles. The minimum atomic E-state index is -4.41. The lowest BCUT2D eigenvalue weighted by atomic mass is 9.98. The van der Waals surface area contributed by atoms with Crippen molar-refractivity contribution in [2.24, 2.45) is 0 Å². The minimum Gasteiger partial charge on any atom is -0.506 e. The normalized spacial score (nSPS) is 17.6. The average Bonchev–Trinajstić information content (AvgIpc) is 2.89. The first-order chi connectivity index (χ1) is 10.3. The Hall–Kier alpha value is -1.60. The first kappa shape index (κ1) is 15.3. The first-order valence-electron chi connectivity index (χ1n) is 6.45. The van der Waals surface area contributed by atoms with Crippen molar-refractivity contribution in [3.63, 3.8) is 0 Å². The standard InChI is InChI=1S/C15H11BrF3NO2/c1-7-12(21)10-6-22-13(11(10)14(16)20-7)8-3-2-4-9(5-8)15(17,18)19/h2-5,13,21H,6H2,1H3. The number of alkyl halides is 3. The monoisotopic (exact) mass is 373 g/mol. The van der Waals surface area contributed by atoms with E-state index in [0.717, 1.165) is 12.1 Å². The number of pyridine rings is 1. The molecule has 3 nitrogen and oxygen atoms in total. The highest BCUT2D eigenvalue weighted by atomic mass is 79.9. The van der Waals surface area contributed by atoms with Gasteiger partial charge in [-0.2, -0.15) is 13.2 Å². The molecule has 1 aromatic carbocycles. The number of hydrogen-bond donors (Lipinski definition) is 1. The van der Waals surface area contributed by atoms with Gasteiger partial charge >= 0.3 is 6.18 Å². The van der Waals surface area contributed by atoms with E-state index in [-0.39, 0.29) is 12.4 Å². The number of ether oxygens (including phenoxy) is 1. The Balaban J connectivity index is 2.10. The lowest BCUT2D eigenvalue weighted by molar-refractivity contribution is -0.137. The van der Waals surface area contributed by atoms with Gasteiger partial charge < -0.3 is 9.84 Å². The molecular formula is C15H11BrF3NO2. The number of rotatable bonds is 1. The summed E-state index contributed by atoms with van der Waals surface area (Å²) in [5, 5.41) is 10.0. The predicted molar refractivity (Wildman–Crippen MR) is 76.4 cm³/mol. The molecule has 2 aromatic rings. The highest BCUT2D eigenvalue weighted by Crippen LogP contribution is 2.44. The van der Waals surface area contributed by atoms with Gasteiger partial charge in [0, 0.05) is 11.1 Å². The third kappa shape index (κ3) is 2.48. The van der Waals surface area contributed by atoms with Crippen LogP contribution in [0.3, 0.4) is 0 Å². The zero-order valence-corrected chi connectivity index (χ0v) is 13.0. The highest BCUT2D eigenvalue weighted by molar-refractivity contribution is 9.10. The van der Waals surface area contributed by atoms with Gasteiger partial charge in [0.25, 0.3) is 0 Å². The molecule has 0 saturated carbocycles. The highest BCUT2D eigenvalue weighted by Gasteiger charge is 2.34. The third-order valence-electron chi connectivity index (χ3n) is 3.62. The SMILES string of the molecule is Cc1nc(Br)c2c(c1O)COC2c1cccc(C(F)(F)F)c1. The lowest BCUT2D eigenvalue weighted by Crippen LogP contribution is -2.07. The summed E-state index contributed by atoms with van der Waals surface area (Å²) in [6.07, 6.45) is -5.10. The number of fused-ring (bicyclic) bond motifs is 1. The molecule has 0 amide bonds. The molecule has 1 aliphatic heterocycles. The quantitative estimate of drug-likeness (QED) is 0.748. The largest absolute Gasteiger partial charge is 0.506 e. The van der Waals surface area contributed by atoms with Crippen LogP contribution in [0.5, 0.6) is 5.75 Å². The molecule has 1 atom stereocenters. The minimum absolute atomic E-state index is 0.0210. The molecule has 1 unspecified atom stereocenters. The number of aromatic hydroxyl groups is 1. The van der Waals surface area contributed by atoms with Crippen molar-refractivity contribution in [3.8, 4) is 5.75 Å². The second-order valence-electron chi connectivity index (χ2n) is 5.04. The van der Waals surface area contributed by atoms with Gasteiger partial charge in [-0.3, -0.25) is 0 Å². The lowest BCUT2D eigenvalue weighted by Gasteiger charge is -2.15. The van der Waals surface area contributed by atoms with E-state index in [0.29, 0.717) is 27.0 Å². The molecule has 0 spiro atoms. The molecule has 22 heavy (non-hydrogen) atoms. The van der Waals surface area contributed by atoms with Crippen LogP contribution in [-0.2, 0) is 17.5 Å². The molecule has 1 aromatic heterocycles. The number of halogens is 4. The van der Waals surface area contributed by atoms with Crippen molar-refractivity contribution in [1.29, 1.82) is 0 Å². The first-order valence-corrected chi connectivity index (χ1v) is 7.25. The van der Waals surface area contributed by atoms with Crippen LogP contribution < -0.4 is 0 Å². The summed E-state index contributed by atoms with van der Waals surface area (Å²) in [7, 11) is 0. The van der Waals surface area contributed by atoms with Crippen LogP contribution in [0.15, 0.2) is 28.9 Å². The third-order valence-corrected chi connectivity index (χ3v) is 4.22. The van der Waals surface area contributed by atoms with Gasteiger partial charge in [0.1, 0.15) is 16.5 Å². The van der Waals surface area contributed by atoms with E-state index in [1.54, 1.807) is 13.0 Å². The molecule has 116 valence electrons. The summed E-state index contributed by atoms with van der Waals surface area (Å²) < 4.78 is 44.6. The number of aromatic nitrogens is 1. The van der Waals surface area contributed by atoms with E-state index >= 15 is 0 Å². The van der Waals surface area contributed by atoms with Crippen molar-refractivity contribution in [2.45, 2.75) is 25.8 Å². The molecule has 7 heteroatoms. The number of benzene rings is 1. The maximum Gasteiger partial charge on any atom is 0.416 e. The molecule has 0 radical (unpaired) electrons. The van der Waals surface area contributed by atoms with Gasteiger partial charge in [-0.25, -0.2) is 4.98 Å². The van der Waals surface area contributed by atoms with Crippen LogP contribution in [0, 0.1) is 6.92 Å². The number of nitrogens with zero attached hydrogens (tertiary/aromatic N) is 1. The van der Waals surface area contributed by atoms with Crippen molar-refractivity contribution < 1.29 is 23.0 Å². The summed E-state index contributed by atoms with van der Waals surface area (Å²) >= 11 is 3.30. The second kappa shape index (κ2) is 5.24. The predicted octanol–water partition coefficient (Wildman–Crippen LogP) is 4.50. The zero-order chi connectivity index (χ0) is 16.1. The van der Waals surface area contributed by atoms with Crippen LogP contribution in [0.4, 0.5) is 13.2 Å². The van der Waals surface area contributed by atoms with Gasteiger partial charge in [0.05, 0.1) is 17.9 Å². The van der Waals surface area contributed by atoms with Crippen LogP contribution >= 0.6 is 15.9 Å². The number of hydrogen-bond acceptors (Lipinski definition) is 3. The van der Waals surface area contributed by atoms with E-state index in [2.05, 4.69) is 20.9 Å². The Morgan fingerprint density at radius 2 is 2.09 bits per heavy atom. The Kier molecular flexibility index (Phi) is 3.65. The molecule has 1 aliphatic rings. The van der Waals surface area contributed by atoms with Crippen molar-refractivity contribution in [2.75, 3.05) is 0 Å². The van der Waals surface area contributed by atoms with E-state index in [4.69, 9.17) is 4.74 Å². The van der Waals surface area contributed by atoms with Gasteiger partial charge in [0.15, 0.2) is 0 Å². The number of aryl methyl sites for hydroxylation is 1. The smallest absolute Gasteiger partial charge is 0.416 e. The fraction of sp³-hybridized carbons (Fsp3) is 0.267. The van der Waals surface area contributed by atoms with E-state index in [1.165, 1.54) is 6.07 Å². The van der Waals surface area contributed by atoms with Crippen LogP contribution in [-0.4, -0.2) is 10.1 Å². The molecule has 3 rings (SSSR count). The van der Waals surface area contributed by atoms with Crippen LogP contribution in [0.2, 0.25) is 0 Å². The molecule has 0 fully saturated rings. The van der Waals surface area contributed by atoms with Gasteiger partial charge in [-0.15, -0.1) is 0 Å². The van der Waals surface area contributed by atoms with E-state index < -0.39 is 17.8 Å². The van der Waals surface area contributed by atoms with E-state index in [1.807, 2.05) is 0 Å². The Morgan fingerprint density at radius 3 is 2.77 bits per heavy atom. The zero-order valence-electron chi connectivity index (χ0n) is 11.4. The van der Waals surface area contributed by atoms with Crippen molar-refractivity contribution >= 4 is 15.9 Å². The summed E-state index contributed by atoms with van der Waals surface area (Å²) in [4.78, 5) is 4.16. The fourth-order valence-corrected chi connectivity index (χ4v) is 3.25. The second-order valence-corrected chi connectivity index (χ2v) is 5.79. The summed E-state index contributed by atoms with van der Waals surface area (Å²) in [5.41, 5.74) is 1.21. The molecule has 0 bridgehead atoms. The summed E-state index contributed by atoms with van der Waals surface area (Å²) in [6, 6.07) is 4.98. The van der Waals surface area contributed by atoms with Crippen LogP contribution in [0.1, 0.15) is 34.1 Å². The molecule has 1 N–H and O–H groups in total. The van der Waals surface area contributed by atoms with Crippen molar-refractivity contribution in [1.82, 2.24) is 4.98 Å². The topological polar surface area (TPSA) is 42.4 Å².